The molecule has 0 aliphatic carbocycles. The van der Waals surface area contributed by atoms with Crippen molar-refractivity contribution in [3.05, 3.63) is 53.3 Å². The zero-order valence-electron chi connectivity index (χ0n) is 19.8. The fourth-order valence-electron chi connectivity index (χ4n) is 4.48. The maximum atomic E-state index is 13.7. The number of hydrogen-bond acceptors (Lipinski definition) is 7. The Balaban J connectivity index is 1.47. The Morgan fingerprint density at radius 1 is 1.21 bits per heavy atom. The lowest BCUT2D eigenvalue weighted by Gasteiger charge is -2.27. The third-order valence-corrected chi connectivity index (χ3v) is 7.41. The van der Waals surface area contributed by atoms with Gasteiger partial charge >= 0.3 is 0 Å². The van der Waals surface area contributed by atoms with Gasteiger partial charge in [-0.1, -0.05) is 29.5 Å². The molecule has 2 aromatic heterocycles. The number of hydrogen-bond donors (Lipinski definition) is 0. The number of methoxy groups -OCH3 is 1. The topological polar surface area (TPSA) is 68.0 Å². The second-order valence-electron chi connectivity index (χ2n) is 8.68. The van der Waals surface area contributed by atoms with Crippen LogP contribution >= 0.6 is 11.3 Å². The van der Waals surface area contributed by atoms with Crippen LogP contribution in [0.3, 0.4) is 0 Å². The summed E-state index contributed by atoms with van der Waals surface area (Å²) in [5.41, 5.74) is 3.84. The normalized spacial score (nSPS) is 14.7. The molecule has 34 heavy (non-hydrogen) atoms. The van der Waals surface area contributed by atoms with Crippen LogP contribution in [0.5, 0.6) is 5.75 Å². The first-order valence-electron chi connectivity index (χ1n) is 11.6. The molecule has 0 spiro atoms. The van der Waals surface area contributed by atoms with E-state index in [1.54, 1.807) is 29.4 Å². The fraction of sp³-hybridized carbons (Fsp3) is 0.385. The van der Waals surface area contributed by atoms with Crippen LogP contribution in [-0.2, 0) is 4.74 Å². The van der Waals surface area contributed by atoms with Crippen LogP contribution in [0.15, 0.2) is 40.8 Å². The van der Waals surface area contributed by atoms with Crippen LogP contribution in [0.4, 0.5) is 5.13 Å². The number of nitrogens with zero attached hydrogens (tertiary/aromatic N) is 3. The van der Waals surface area contributed by atoms with Gasteiger partial charge in [-0.25, -0.2) is 4.98 Å². The number of benzene rings is 2. The van der Waals surface area contributed by atoms with Gasteiger partial charge in [-0.05, 0) is 49.6 Å². The summed E-state index contributed by atoms with van der Waals surface area (Å²) in [7, 11) is 1.60. The Bertz CT molecular complexity index is 1320. The number of amides is 1. The van der Waals surface area contributed by atoms with E-state index in [9.17, 15) is 4.79 Å². The molecule has 4 aromatic rings. The molecule has 7 nitrogen and oxygen atoms in total. The van der Waals surface area contributed by atoms with E-state index in [-0.39, 0.29) is 11.7 Å². The maximum absolute atomic E-state index is 13.7. The number of ether oxygens (including phenoxy) is 2. The molecule has 0 radical (unpaired) electrons. The number of morpholine rings is 1. The third-order valence-electron chi connectivity index (χ3n) is 6.18. The lowest BCUT2D eigenvalue weighted by molar-refractivity contribution is 0.0376. The molecule has 1 fully saturated rings. The van der Waals surface area contributed by atoms with Crippen molar-refractivity contribution in [1.82, 2.24) is 9.88 Å². The number of anilines is 1. The number of para-hydroxylation sites is 1. The van der Waals surface area contributed by atoms with Crippen molar-refractivity contribution >= 4 is 43.6 Å². The van der Waals surface area contributed by atoms with E-state index in [0.29, 0.717) is 23.0 Å². The van der Waals surface area contributed by atoms with Crippen LogP contribution in [-0.4, -0.2) is 62.3 Å². The SMILES string of the molecule is COc1cccc2cc(C(=O)N(CCCN3CCOCC3)c3nc4cc(C)cc(C)c4s3)oc12. The first-order chi connectivity index (χ1) is 16.5. The Kier molecular flexibility index (Phi) is 6.54. The number of furan rings is 1. The molecule has 1 aliphatic rings. The van der Waals surface area contributed by atoms with Gasteiger partial charge in [0.2, 0.25) is 0 Å². The minimum Gasteiger partial charge on any atom is -0.493 e. The summed E-state index contributed by atoms with van der Waals surface area (Å²) in [4.78, 5) is 22.8. The molecule has 178 valence electrons. The Morgan fingerprint density at radius 2 is 2.03 bits per heavy atom. The van der Waals surface area contributed by atoms with Gasteiger partial charge in [-0.2, -0.15) is 0 Å². The first kappa shape index (κ1) is 22.8. The largest absolute Gasteiger partial charge is 0.493 e. The van der Waals surface area contributed by atoms with Crippen LogP contribution in [0.2, 0.25) is 0 Å². The Hall–Kier alpha value is -2.94. The maximum Gasteiger partial charge on any atom is 0.295 e. The molecule has 1 aliphatic heterocycles. The second-order valence-corrected chi connectivity index (χ2v) is 9.66. The highest BCUT2D eigenvalue weighted by atomic mass is 32.1. The predicted octanol–water partition coefficient (Wildman–Crippen LogP) is 5.04. The molecule has 0 bridgehead atoms. The van der Waals surface area contributed by atoms with Crippen molar-refractivity contribution in [2.45, 2.75) is 20.3 Å². The standard InChI is InChI=1S/C26H29N3O4S/c1-17-14-18(2)24-20(15-17)27-26(34-24)29(9-5-8-28-10-12-32-13-11-28)25(30)22-16-19-6-4-7-21(31-3)23(19)33-22/h4,6-7,14-16H,5,8-13H2,1-3H3. The monoisotopic (exact) mass is 479 g/mol. The molecule has 0 unspecified atom stereocenters. The number of aromatic nitrogens is 1. The second kappa shape index (κ2) is 9.74. The van der Waals surface area contributed by atoms with E-state index in [4.69, 9.17) is 18.9 Å². The summed E-state index contributed by atoms with van der Waals surface area (Å²) < 4.78 is 18.0. The molecule has 2 aromatic carbocycles. The van der Waals surface area contributed by atoms with Gasteiger partial charge in [0, 0.05) is 31.6 Å². The molecule has 0 N–H and O–H groups in total. The summed E-state index contributed by atoms with van der Waals surface area (Å²) in [6, 6.07) is 11.7. The minimum atomic E-state index is -0.186. The fourth-order valence-corrected chi connectivity index (χ4v) is 5.52. The highest BCUT2D eigenvalue weighted by Gasteiger charge is 2.25. The van der Waals surface area contributed by atoms with E-state index >= 15 is 0 Å². The van der Waals surface area contributed by atoms with Gasteiger partial charge in [-0.3, -0.25) is 14.6 Å². The van der Waals surface area contributed by atoms with E-state index in [2.05, 4.69) is 30.9 Å². The molecule has 0 saturated carbocycles. The van der Waals surface area contributed by atoms with Gasteiger partial charge < -0.3 is 13.9 Å². The van der Waals surface area contributed by atoms with Crippen LogP contribution < -0.4 is 9.64 Å². The van der Waals surface area contributed by atoms with Gasteiger partial charge in [0.05, 0.1) is 30.5 Å². The third kappa shape index (κ3) is 4.53. The van der Waals surface area contributed by atoms with Crippen LogP contribution in [0.25, 0.3) is 21.2 Å². The van der Waals surface area contributed by atoms with Gasteiger partial charge in [0.1, 0.15) is 0 Å². The number of rotatable bonds is 7. The van der Waals surface area contributed by atoms with Gasteiger partial charge in [0.25, 0.3) is 5.91 Å². The van der Waals surface area contributed by atoms with Crippen LogP contribution in [0, 0.1) is 13.8 Å². The van der Waals surface area contributed by atoms with Crippen molar-refractivity contribution in [3.8, 4) is 5.75 Å². The van der Waals surface area contributed by atoms with Crippen LogP contribution in [0.1, 0.15) is 28.1 Å². The number of fused-ring (bicyclic) bond motifs is 2. The average molecular weight is 480 g/mol. The molecule has 1 amide bonds. The molecule has 5 rings (SSSR count). The number of thiazole rings is 1. The summed E-state index contributed by atoms with van der Waals surface area (Å²) in [6.45, 7) is 9.01. The summed E-state index contributed by atoms with van der Waals surface area (Å²) >= 11 is 1.56. The Labute approximate surface area is 202 Å². The van der Waals surface area contributed by atoms with Crippen molar-refractivity contribution < 1.29 is 18.7 Å². The molecular formula is C26H29N3O4S. The first-order valence-corrected chi connectivity index (χ1v) is 12.4. The summed E-state index contributed by atoms with van der Waals surface area (Å²) in [5, 5.41) is 1.54. The minimum absolute atomic E-state index is 0.186. The summed E-state index contributed by atoms with van der Waals surface area (Å²) in [5.74, 6) is 0.716. The number of aryl methyl sites for hydroxylation is 2. The molecular weight excluding hydrogens is 450 g/mol. The zero-order valence-corrected chi connectivity index (χ0v) is 20.6. The van der Waals surface area contributed by atoms with E-state index in [0.717, 1.165) is 60.4 Å². The molecule has 8 heteroatoms. The molecule has 1 saturated heterocycles. The molecule has 0 atom stereocenters. The number of carbonyl (C=O) groups is 1. The summed E-state index contributed by atoms with van der Waals surface area (Å²) in [6.07, 6.45) is 0.837. The smallest absolute Gasteiger partial charge is 0.295 e. The van der Waals surface area contributed by atoms with Crippen molar-refractivity contribution in [2.75, 3.05) is 51.4 Å². The van der Waals surface area contributed by atoms with Crippen molar-refractivity contribution in [2.24, 2.45) is 0 Å². The van der Waals surface area contributed by atoms with E-state index in [1.165, 1.54) is 5.56 Å². The lowest BCUT2D eigenvalue weighted by atomic mass is 10.1. The lowest BCUT2D eigenvalue weighted by Crippen LogP contribution is -2.39. The quantitative estimate of drug-likeness (QED) is 0.370. The zero-order chi connectivity index (χ0) is 23.7. The Morgan fingerprint density at radius 3 is 2.82 bits per heavy atom. The van der Waals surface area contributed by atoms with E-state index < -0.39 is 0 Å². The van der Waals surface area contributed by atoms with Crippen molar-refractivity contribution in [1.29, 1.82) is 0 Å². The predicted molar refractivity (Wildman–Crippen MR) is 135 cm³/mol. The number of carbonyl (C=O) groups excluding carboxylic acids is 1. The van der Waals surface area contributed by atoms with Crippen molar-refractivity contribution in [3.63, 3.8) is 0 Å². The van der Waals surface area contributed by atoms with Gasteiger partial charge in [-0.15, -0.1) is 0 Å². The van der Waals surface area contributed by atoms with E-state index in [1.807, 2.05) is 18.2 Å². The van der Waals surface area contributed by atoms with Gasteiger partial charge in [0.15, 0.2) is 22.2 Å². The molecule has 3 heterocycles. The highest BCUT2D eigenvalue weighted by molar-refractivity contribution is 7.22. The highest BCUT2D eigenvalue weighted by Crippen LogP contribution is 2.34. The average Bonchev–Trinajstić information content (AvgIpc) is 3.46.